The topological polar surface area (TPSA) is 113 Å². The number of amides is 2. The van der Waals surface area contributed by atoms with Crippen LogP contribution >= 0.6 is 11.6 Å². The minimum atomic E-state index is -1.69. The molecule has 9 heteroatoms. The molecule has 5 rings (SSSR count). The van der Waals surface area contributed by atoms with Crippen molar-refractivity contribution in [2.24, 2.45) is 0 Å². The third kappa shape index (κ3) is 4.92. The summed E-state index contributed by atoms with van der Waals surface area (Å²) in [7, 11) is 0. The van der Waals surface area contributed by atoms with Gasteiger partial charge >= 0.3 is 11.7 Å². The molecule has 0 saturated carbocycles. The van der Waals surface area contributed by atoms with Crippen LogP contribution < -0.4 is 15.8 Å². The number of ether oxygens (including phenoxy) is 1. The third-order valence-corrected chi connectivity index (χ3v) is 6.93. The number of halogens is 1. The van der Waals surface area contributed by atoms with E-state index < -0.39 is 28.8 Å². The molecule has 40 heavy (non-hydrogen) atoms. The standard InChI is InChI=1S/C31H26ClN3O5/c1-30(2,3)40-29(38)34-31(16-22-21-14-13-20(32)15-26(21)39-27(36)23(22)17-33)24-11-7-8-12-25(24)35(28(31)37)18-19-9-5-4-6-10-19/h4-15H,16,18H2,1-3H3,(H,34,38)/t31-/m0/s1. The molecule has 0 unspecified atom stereocenters. The molecular weight excluding hydrogens is 530 g/mol. The molecule has 202 valence electrons. The van der Waals surface area contributed by atoms with Crippen LogP contribution in [0, 0.1) is 11.3 Å². The van der Waals surface area contributed by atoms with Gasteiger partial charge in [0.1, 0.15) is 22.8 Å². The molecule has 0 spiro atoms. The average molecular weight is 556 g/mol. The fourth-order valence-electron chi connectivity index (χ4n) is 5.06. The van der Waals surface area contributed by atoms with E-state index in [9.17, 15) is 19.6 Å². The summed E-state index contributed by atoms with van der Waals surface area (Å²) in [6, 6.07) is 23.3. The van der Waals surface area contributed by atoms with Crippen molar-refractivity contribution < 1.29 is 18.7 Å². The maximum atomic E-state index is 14.5. The fourth-order valence-corrected chi connectivity index (χ4v) is 5.22. The Hall–Kier alpha value is -4.61. The predicted octanol–water partition coefficient (Wildman–Crippen LogP) is 5.83. The first kappa shape index (κ1) is 27.0. The largest absolute Gasteiger partial charge is 0.444 e. The van der Waals surface area contributed by atoms with Gasteiger partial charge in [-0.3, -0.25) is 4.79 Å². The zero-order valence-corrected chi connectivity index (χ0v) is 22.9. The highest BCUT2D eigenvalue weighted by molar-refractivity contribution is 6.31. The Morgan fingerprint density at radius 2 is 1.77 bits per heavy atom. The lowest BCUT2D eigenvalue weighted by molar-refractivity contribution is -0.124. The molecule has 1 atom stereocenters. The third-order valence-electron chi connectivity index (χ3n) is 6.69. The van der Waals surface area contributed by atoms with Crippen LogP contribution in [0.5, 0.6) is 0 Å². The number of nitrogens with zero attached hydrogens (tertiary/aromatic N) is 2. The molecule has 2 heterocycles. The van der Waals surface area contributed by atoms with Crippen LogP contribution in [0.2, 0.25) is 5.02 Å². The number of fused-ring (bicyclic) bond motifs is 2. The van der Waals surface area contributed by atoms with Crippen molar-refractivity contribution in [2.75, 3.05) is 4.90 Å². The van der Waals surface area contributed by atoms with E-state index >= 15 is 0 Å². The molecule has 4 aromatic rings. The van der Waals surface area contributed by atoms with E-state index in [0.29, 0.717) is 21.7 Å². The summed E-state index contributed by atoms with van der Waals surface area (Å²) in [6.07, 6.45) is -1.02. The van der Waals surface area contributed by atoms with Gasteiger partial charge in [-0.25, -0.2) is 9.59 Å². The number of para-hydroxylation sites is 1. The van der Waals surface area contributed by atoms with Gasteiger partial charge in [0.25, 0.3) is 5.91 Å². The first-order valence-electron chi connectivity index (χ1n) is 12.6. The van der Waals surface area contributed by atoms with E-state index in [1.807, 2.05) is 42.5 Å². The van der Waals surface area contributed by atoms with Gasteiger partial charge in [-0.05, 0) is 50.1 Å². The second kappa shape index (κ2) is 10.2. The van der Waals surface area contributed by atoms with Gasteiger partial charge < -0.3 is 19.4 Å². The number of benzene rings is 3. The van der Waals surface area contributed by atoms with E-state index in [1.54, 1.807) is 56.0 Å². The van der Waals surface area contributed by atoms with Gasteiger partial charge in [-0.1, -0.05) is 60.1 Å². The molecule has 1 aromatic heterocycles. The molecule has 1 aliphatic heterocycles. The predicted molar refractivity (Wildman–Crippen MR) is 151 cm³/mol. The number of alkyl carbamates (subject to hydrolysis) is 1. The van der Waals surface area contributed by atoms with Crippen LogP contribution in [0.3, 0.4) is 0 Å². The van der Waals surface area contributed by atoms with Crippen LogP contribution in [0.25, 0.3) is 11.0 Å². The molecule has 0 radical (unpaired) electrons. The Kier molecular flexibility index (Phi) is 6.86. The summed E-state index contributed by atoms with van der Waals surface area (Å²) in [4.78, 5) is 42.3. The first-order chi connectivity index (χ1) is 19.0. The lowest BCUT2D eigenvalue weighted by atomic mass is 9.82. The minimum absolute atomic E-state index is 0.166. The van der Waals surface area contributed by atoms with Crippen LogP contribution in [-0.2, 0) is 28.0 Å². The highest BCUT2D eigenvalue weighted by Gasteiger charge is 2.53. The lowest BCUT2D eigenvalue weighted by Crippen LogP contribution is -2.55. The molecule has 0 fully saturated rings. The van der Waals surface area contributed by atoms with E-state index in [1.165, 1.54) is 6.07 Å². The van der Waals surface area contributed by atoms with Crippen molar-refractivity contribution in [3.8, 4) is 6.07 Å². The van der Waals surface area contributed by atoms with E-state index in [-0.39, 0.29) is 29.7 Å². The van der Waals surface area contributed by atoms with Gasteiger partial charge in [0.2, 0.25) is 0 Å². The smallest absolute Gasteiger partial charge is 0.408 e. The second-order valence-corrected chi connectivity index (χ2v) is 11.0. The van der Waals surface area contributed by atoms with Crippen LogP contribution in [0.4, 0.5) is 10.5 Å². The van der Waals surface area contributed by atoms with Crippen molar-refractivity contribution in [3.05, 3.63) is 110 Å². The summed E-state index contributed by atoms with van der Waals surface area (Å²) in [6.45, 7) is 5.41. The Morgan fingerprint density at radius 3 is 2.48 bits per heavy atom. The quantitative estimate of drug-likeness (QED) is 0.310. The summed E-state index contributed by atoms with van der Waals surface area (Å²) in [5.74, 6) is -0.428. The zero-order chi connectivity index (χ0) is 28.7. The molecule has 0 saturated heterocycles. The molecule has 8 nitrogen and oxygen atoms in total. The average Bonchev–Trinajstić information content (AvgIpc) is 3.11. The fraction of sp³-hybridized carbons (Fsp3) is 0.226. The van der Waals surface area contributed by atoms with Crippen LogP contribution in [0.1, 0.15) is 43.0 Å². The molecular formula is C31H26ClN3O5. The van der Waals surface area contributed by atoms with Crippen molar-refractivity contribution in [2.45, 2.75) is 44.9 Å². The van der Waals surface area contributed by atoms with Gasteiger partial charge in [0.05, 0.1) is 12.2 Å². The molecule has 0 bridgehead atoms. The second-order valence-electron chi connectivity index (χ2n) is 10.6. The van der Waals surface area contributed by atoms with E-state index in [2.05, 4.69) is 5.32 Å². The number of nitrogens with one attached hydrogen (secondary N) is 1. The Bertz CT molecular complexity index is 1740. The summed E-state index contributed by atoms with van der Waals surface area (Å²) >= 11 is 6.15. The Morgan fingerprint density at radius 1 is 1.07 bits per heavy atom. The number of hydrogen-bond acceptors (Lipinski definition) is 6. The van der Waals surface area contributed by atoms with Crippen molar-refractivity contribution in [1.29, 1.82) is 5.26 Å². The Labute approximate surface area is 235 Å². The maximum Gasteiger partial charge on any atom is 0.408 e. The number of hydrogen-bond donors (Lipinski definition) is 1. The molecule has 1 aliphatic rings. The Balaban J connectivity index is 1.73. The zero-order valence-electron chi connectivity index (χ0n) is 22.2. The SMILES string of the molecule is CC(C)(C)OC(=O)N[C@]1(Cc2c(C#N)c(=O)oc3cc(Cl)ccc23)C(=O)N(Cc2ccccc2)c2ccccc21. The first-order valence-corrected chi connectivity index (χ1v) is 13.0. The molecule has 2 amide bonds. The minimum Gasteiger partial charge on any atom is -0.444 e. The van der Waals surface area contributed by atoms with Crippen molar-refractivity contribution in [3.63, 3.8) is 0 Å². The van der Waals surface area contributed by atoms with Crippen molar-refractivity contribution >= 4 is 40.3 Å². The summed E-state index contributed by atoms with van der Waals surface area (Å²) < 4.78 is 11.0. The van der Waals surface area contributed by atoms with Gasteiger partial charge in [0, 0.05) is 28.5 Å². The number of carbonyl (C=O) groups is 2. The molecule has 3 aromatic carbocycles. The molecule has 0 aliphatic carbocycles. The number of anilines is 1. The normalized spacial score (nSPS) is 16.5. The number of rotatable bonds is 5. The monoisotopic (exact) mass is 555 g/mol. The number of nitriles is 1. The summed E-state index contributed by atoms with van der Waals surface area (Å²) in [5.41, 5.74) is -1.24. The van der Waals surface area contributed by atoms with Crippen LogP contribution in [0.15, 0.2) is 82.0 Å². The van der Waals surface area contributed by atoms with Gasteiger partial charge in [0.15, 0.2) is 5.54 Å². The lowest BCUT2D eigenvalue weighted by Gasteiger charge is -2.32. The maximum absolute atomic E-state index is 14.5. The highest BCUT2D eigenvalue weighted by atomic mass is 35.5. The van der Waals surface area contributed by atoms with Gasteiger partial charge in [-0.15, -0.1) is 0 Å². The molecule has 1 N–H and O–H groups in total. The number of carbonyl (C=O) groups excluding carboxylic acids is 2. The van der Waals surface area contributed by atoms with Crippen LogP contribution in [-0.4, -0.2) is 17.6 Å². The summed E-state index contributed by atoms with van der Waals surface area (Å²) in [5, 5.41) is 13.6. The van der Waals surface area contributed by atoms with E-state index in [4.69, 9.17) is 20.8 Å². The van der Waals surface area contributed by atoms with Gasteiger partial charge in [-0.2, -0.15) is 5.26 Å². The van der Waals surface area contributed by atoms with Crippen molar-refractivity contribution in [1.82, 2.24) is 5.32 Å². The van der Waals surface area contributed by atoms with E-state index in [0.717, 1.165) is 5.56 Å². The highest BCUT2D eigenvalue weighted by Crippen LogP contribution is 2.44.